The molecule has 90 valence electrons. The maximum absolute atomic E-state index is 5.61. The van der Waals surface area contributed by atoms with Crippen molar-refractivity contribution < 1.29 is 4.74 Å². The molecule has 0 radical (unpaired) electrons. The molecule has 3 heteroatoms. The van der Waals surface area contributed by atoms with Gasteiger partial charge in [0.25, 0.3) is 0 Å². The summed E-state index contributed by atoms with van der Waals surface area (Å²) in [5.41, 5.74) is 0. The van der Waals surface area contributed by atoms with E-state index in [0.717, 1.165) is 32.8 Å². The Balaban J connectivity index is 2.08. The second-order valence-electron chi connectivity index (χ2n) is 4.98. The third-order valence-corrected chi connectivity index (χ3v) is 2.68. The fourth-order valence-corrected chi connectivity index (χ4v) is 1.91. The third kappa shape index (κ3) is 6.13. The van der Waals surface area contributed by atoms with Crippen LogP contribution in [-0.2, 0) is 4.74 Å². The van der Waals surface area contributed by atoms with E-state index in [-0.39, 0.29) is 0 Å². The molecule has 0 aliphatic carbocycles. The maximum atomic E-state index is 5.61. The van der Waals surface area contributed by atoms with Crippen LogP contribution >= 0.6 is 0 Å². The van der Waals surface area contributed by atoms with Gasteiger partial charge in [-0.3, -0.25) is 4.90 Å². The highest BCUT2D eigenvalue weighted by Crippen LogP contribution is 2.00. The van der Waals surface area contributed by atoms with Crippen LogP contribution in [0.3, 0.4) is 0 Å². The van der Waals surface area contributed by atoms with Gasteiger partial charge in [-0.2, -0.15) is 0 Å². The zero-order valence-electron chi connectivity index (χ0n) is 10.5. The number of rotatable bonds is 5. The van der Waals surface area contributed by atoms with Gasteiger partial charge in [-0.05, 0) is 32.4 Å². The van der Waals surface area contributed by atoms with Crippen LogP contribution in [-0.4, -0.2) is 50.3 Å². The van der Waals surface area contributed by atoms with Crippen LogP contribution in [0.4, 0.5) is 0 Å². The van der Waals surface area contributed by atoms with Crippen molar-refractivity contribution in [3.63, 3.8) is 0 Å². The van der Waals surface area contributed by atoms with Crippen LogP contribution in [0.5, 0.6) is 0 Å². The summed E-state index contributed by atoms with van der Waals surface area (Å²) in [5.74, 6) is 0.648. The normalized spacial score (nSPS) is 24.4. The van der Waals surface area contributed by atoms with E-state index in [2.05, 4.69) is 31.0 Å². The lowest BCUT2D eigenvalue weighted by Gasteiger charge is -2.22. The molecule has 0 spiro atoms. The minimum absolute atomic E-state index is 0.623. The molecule has 1 fully saturated rings. The van der Waals surface area contributed by atoms with E-state index in [1.54, 1.807) is 0 Å². The summed E-state index contributed by atoms with van der Waals surface area (Å²) in [6.45, 7) is 13.0. The molecular formula is C12H26N2O. The Labute approximate surface area is 94.2 Å². The van der Waals surface area contributed by atoms with Crippen molar-refractivity contribution in [2.45, 2.75) is 33.2 Å². The lowest BCUT2D eigenvalue weighted by molar-refractivity contribution is 0.0853. The predicted octanol–water partition coefficient (Wildman–Crippen LogP) is 1.34. The molecule has 0 aromatic carbocycles. The van der Waals surface area contributed by atoms with Gasteiger partial charge in [0.05, 0.1) is 6.61 Å². The molecule has 1 atom stereocenters. The van der Waals surface area contributed by atoms with E-state index in [1.165, 1.54) is 13.0 Å². The van der Waals surface area contributed by atoms with Crippen LogP contribution in [0, 0.1) is 5.92 Å². The summed E-state index contributed by atoms with van der Waals surface area (Å²) in [7, 11) is 0. The van der Waals surface area contributed by atoms with Crippen LogP contribution < -0.4 is 5.32 Å². The van der Waals surface area contributed by atoms with Crippen molar-refractivity contribution in [2.24, 2.45) is 5.92 Å². The topological polar surface area (TPSA) is 24.5 Å². The van der Waals surface area contributed by atoms with Crippen LogP contribution in [0.1, 0.15) is 27.2 Å². The first-order chi connectivity index (χ1) is 7.18. The van der Waals surface area contributed by atoms with E-state index >= 15 is 0 Å². The fourth-order valence-electron chi connectivity index (χ4n) is 1.91. The summed E-state index contributed by atoms with van der Waals surface area (Å²) in [4.78, 5) is 2.50. The zero-order valence-corrected chi connectivity index (χ0v) is 10.5. The van der Waals surface area contributed by atoms with Gasteiger partial charge in [-0.1, -0.05) is 13.8 Å². The van der Waals surface area contributed by atoms with Gasteiger partial charge in [0, 0.05) is 25.7 Å². The molecule has 0 saturated carbocycles. The summed E-state index contributed by atoms with van der Waals surface area (Å²) in [6.07, 6.45) is 1.26. The summed E-state index contributed by atoms with van der Waals surface area (Å²) < 4.78 is 5.61. The molecule has 1 unspecified atom stereocenters. The van der Waals surface area contributed by atoms with E-state index in [4.69, 9.17) is 4.74 Å². The predicted molar refractivity (Wildman–Crippen MR) is 64.2 cm³/mol. The first-order valence-corrected chi connectivity index (χ1v) is 6.22. The lowest BCUT2D eigenvalue weighted by atomic mass is 10.2. The van der Waals surface area contributed by atoms with Crippen molar-refractivity contribution in [2.75, 3.05) is 39.4 Å². The Hall–Kier alpha value is -0.120. The molecule has 1 aliphatic rings. The number of hydrogen-bond acceptors (Lipinski definition) is 3. The Kier molecular flexibility index (Phi) is 6.22. The molecule has 0 amide bonds. The fraction of sp³-hybridized carbons (Fsp3) is 1.00. The SMILES string of the molecule is CC(C)COCCN1CCCNC(C)C1. The molecule has 0 aromatic heterocycles. The standard InChI is InChI=1S/C12H26N2O/c1-11(2)10-15-8-7-14-6-4-5-13-12(3)9-14/h11-13H,4-10H2,1-3H3. The van der Waals surface area contributed by atoms with Gasteiger partial charge in [0.2, 0.25) is 0 Å². The molecule has 15 heavy (non-hydrogen) atoms. The highest BCUT2D eigenvalue weighted by Gasteiger charge is 2.13. The summed E-state index contributed by atoms with van der Waals surface area (Å²) in [5, 5.41) is 3.50. The molecule has 3 nitrogen and oxygen atoms in total. The lowest BCUT2D eigenvalue weighted by Crippen LogP contribution is -2.37. The summed E-state index contributed by atoms with van der Waals surface area (Å²) >= 11 is 0. The molecule has 0 bridgehead atoms. The highest BCUT2D eigenvalue weighted by molar-refractivity contribution is 4.72. The molecule has 1 saturated heterocycles. The first-order valence-electron chi connectivity index (χ1n) is 6.22. The van der Waals surface area contributed by atoms with Crippen molar-refractivity contribution in [3.8, 4) is 0 Å². The Morgan fingerprint density at radius 2 is 2.27 bits per heavy atom. The molecule has 1 N–H and O–H groups in total. The van der Waals surface area contributed by atoms with Crippen LogP contribution in [0.25, 0.3) is 0 Å². The van der Waals surface area contributed by atoms with Gasteiger partial charge in [-0.25, -0.2) is 0 Å². The molecule has 0 aromatic rings. The van der Waals surface area contributed by atoms with E-state index < -0.39 is 0 Å². The van der Waals surface area contributed by atoms with Crippen molar-refractivity contribution in [3.05, 3.63) is 0 Å². The minimum Gasteiger partial charge on any atom is -0.380 e. The Morgan fingerprint density at radius 3 is 3.00 bits per heavy atom. The van der Waals surface area contributed by atoms with E-state index in [0.29, 0.717) is 12.0 Å². The minimum atomic E-state index is 0.623. The second-order valence-corrected chi connectivity index (χ2v) is 4.98. The highest BCUT2D eigenvalue weighted by atomic mass is 16.5. The maximum Gasteiger partial charge on any atom is 0.0593 e. The Bertz CT molecular complexity index is 162. The van der Waals surface area contributed by atoms with Crippen molar-refractivity contribution in [1.82, 2.24) is 10.2 Å². The number of nitrogens with one attached hydrogen (secondary N) is 1. The second kappa shape index (κ2) is 7.20. The average molecular weight is 214 g/mol. The van der Waals surface area contributed by atoms with Gasteiger partial charge in [0.15, 0.2) is 0 Å². The van der Waals surface area contributed by atoms with Gasteiger partial charge in [0.1, 0.15) is 0 Å². The Morgan fingerprint density at radius 1 is 1.47 bits per heavy atom. The van der Waals surface area contributed by atoms with Crippen molar-refractivity contribution in [1.29, 1.82) is 0 Å². The monoisotopic (exact) mass is 214 g/mol. The number of ether oxygens (including phenoxy) is 1. The van der Waals surface area contributed by atoms with Gasteiger partial charge < -0.3 is 10.1 Å². The molecular weight excluding hydrogens is 188 g/mol. The molecule has 1 aliphatic heterocycles. The third-order valence-electron chi connectivity index (χ3n) is 2.68. The zero-order chi connectivity index (χ0) is 11.1. The quantitative estimate of drug-likeness (QED) is 0.699. The van der Waals surface area contributed by atoms with Crippen LogP contribution in [0.15, 0.2) is 0 Å². The van der Waals surface area contributed by atoms with Gasteiger partial charge in [-0.15, -0.1) is 0 Å². The van der Waals surface area contributed by atoms with Crippen LogP contribution in [0.2, 0.25) is 0 Å². The van der Waals surface area contributed by atoms with E-state index in [9.17, 15) is 0 Å². The smallest absolute Gasteiger partial charge is 0.0593 e. The number of nitrogens with zero attached hydrogens (tertiary/aromatic N) is 1. The van der Waals surface area contributed by atoms with E-state index in [1.807, 2.05) is 0 Å². The molecule has 1 rings (SSSR count). The first kappa shape index (κ1) is 12.9. The molecule has 1 heterocycles. The van der Waals surface area contributed by atoms with Crippen molar-refractivity contribution >= 4 is 0 Å². The number of hydrogen-bond donors (Lipinski definition) is 1. The average Bonchev–Trinajstić information content (AvgIpc) is 2.37. The largest absolute Gasteiger partial charge is 0.380 e. The van der Waals surface area contributed by atoms with Gasteiger partial charge >= 0.3 is 0 Å². The summed E-state index contributed by atoms with van der Waals surface area (Å²) in [6, 6.07) is 0.623.